The Balaban J connectivity index is 1.55. The van der Waals surface area contributed by atoms with E-state index in [-0.39, 0.29) is 11.9 Å². The summed E-state index contributed by atoms with van der Waals surface area (Å²) in [7, 11) is 0. The van der Waals surface area contributed by atoms with Crippen molar-refractivity contribution in [2.24, 2.45) is 5.92 Å². The smallest absolute Gasteiger partial charge is 0.165 e. The average Bonchev–Trinajstić information content (AvgIpc) is 2.94. The molecule has 5 heteroatoms. The van der Waals surface area contributed by atoms with E-state index < -0.39 is 0 Å². The molecule has 0 radical (unpaired) electrons. The van der Waals surface area contributed by atoms with Crippen LogP contribution in [0.25, 0.3) is 0 Å². The van der Waals surface area contributed by atoms with E-state index in [4.69, 9.17) is 4.74 Å². The second kappa shape index (κ2) is 7.21. The molecule has 1 aromatic carbocycles. The Hall–Kier alpha value is -1.75. The molecule has 0 aromatic heterocycles. The van der Waals surface area contributed by atoms with Crippen LogP contribution in [0.1, 0.15) is 38.3 Å². The standard InChI is InChI=1S/C18H26FN3O/c1-3-15-7-16(10-21-15)22-12(2)14-4-5-18(17(19)6-14)23-11-13-8-20-9-13/h4-6,10,12-13,15,20-22H,3,7-9,11H2,1-2H3. The average molecular weight is 319 g/mol. The van der Waals surface area contributed by atoms with Crippen molar-refractivity contribution in [3.63, 3.8) is 0 Å². The van der Waals surface area contributed by atoms with Crippen molar-refractivity contribution >= 4 is 0 Å². The number of hydrogen-bond donors (Lipinski definition) is 3. The van der Waals surface area contributed by atoms with E-state index in [2.05, 4.69) is 29.8 Å². The summed E-state index contributed by atoms with van der Waals surface area (Å²) in [5, 5.41) is 9.99. The van der Waals surface area contributed by atoms with Gasteiger partial charge in [0.2, 0.25) is 0 Å². The Kier molecular flexibility index (Phi) is 5.06. The van der Waals surface area contributed by atoms with Gasteiger partial charge in [-0.3, -0.25) is 0 Å². The van der Waals surface area contributed by atoms with Crippen LogP contribution in [0.3, 0.4) is 0 Å². The van der Waals surface area contributed by atoms with E-state index in [1.165, 1.54) is 5.70 Å². The van der Waals surface area contributed by atoms with Crippen LogP contribution in [0.5, 0.6) is 5.75 Å². The van der Waals surface area contributed by atoms with Crippen LogP contribution in [-0.2, 0) is 0 Å². The minimum absolute atomic E-state index is 0.0676. The van der Waals surface area contributed by atoms with E-state index in [0.29, 0.717) is 24.3 Å². The van der Waals surface area contributed by atoms with Gasteiger partial charge in [-0.2, -0.15) is 0 Å². The lowest BCUT2D eigenvalue weighted by Crippen LogP contribution is -2.45. The number of rotatable bonds is 7. The van der Waals surface area contributed by atoms with Gasteiger partial charge in [-0.25, -0.2) is 4.39 Å². The van der Waals surface area contributed by atoms with Gasteiger partial charge in [0.05, 0.1) is 6.61 Å². The molecule has 2 atom stereocenters. The van der Waals surface area contributed by atoms with Gasteiger partial charge in [-0.05, 0) is 31.0 Å². The Labute approximate surface area is 137 Å². The predicted octanol–water partition coefficient (Wildman–Crippen LogP) is 2.69. The molecule has 2 aliphatic rings. The molecule has 2 heterocycles. The summed E-state index contributed by atoms with van der Waals surface area (Å²) >= 11 is 0. The van der Waals surface area contributed by atoms with Crippen LogP contribution < -0.4 is 20.7 Å². The summed E-state index contributed by atoms with van der Waals surface area (Å²) in [6.07, 6.45) is 4.14. The number of ether oxygens (including phenoxy) is 1. The monoisotopic (exact) mass is 319 g/mol. The van der Waals surface area contributed by atoms with Crippen LogP contribution in [0.15, 0.2) is 30.1 Å². The van der Waals surface area contributed by atoms with E-state index in [0.717, 1.165) is 31.5 Å². The Morgan fingerprint density at radius 1 is 1.39 bits per heavy atom. The highest BCUT2D eigenvalue weighted by molar-refractivity contribution is 5.31. The maximum atomic E-state index is 14.2. The zero-order valence-electron chi connectivity index (χ0n) is 13.9. The fourth-order valence-corrected chi connectivity index (χ4v) is 2.90. The summed E-state index contributed by atoms with van der Waals surface area (Å²) in [5.41, 5.74) is 2.11. The molecule has 126 valence electrons. The molecule has 0 aliphatic carbocycles. The van der Waals surface area contributed by atoms with E-state index >= 15 is 0 Å². The van der Waals surface area contributed by atoms with Crippen LogP contribution >= 0.6 is 0 Å². The molecule has 2 aliphatic heterocycles. The van der Waals surface area contributed by atoms with Crippen molar-refractivity contribution < 1.29 is 9.13 Å². The Morgan fingerprint density at radius 3 is 2.83 bits per heavy atom. The van der Waals surface area contributed by atoms with Gasteiger partial charge in [0.1, 0.15) is 0 Å². The molecular formula is C18H26FN3O. The first kappa shape index (κ1) is 16.1. The van der Waals surface area contributed by atoms with Gasteiger partial charge in [-0.1, -0.05) is 13.0 Å². The predicted molar refractivity (Wildman–Crippen MR) is 89.7 cm³/mol. The first-order valence-electron chi connectivity index (χ1n) is 8.50. The van der Waals surface area contributed by atoms with Gasteiger partial charge < -0.3 is 20.7 Å². The van der Waals surface area contributed by atoms with Gasteiger partial charge in [0.15, 0.2) is 11.6 Å². The first-order valence-corrected chi connectivity index (χ1v) is 8.50. The normalized spacial score (nSPS) is 22.0. The number of benzene rings is 1. The highest BCUT2D eigenvalue weighted by atomic mass is 19.1. The van der Waals surface area contributed by atoms with Gasteiger partial charge >= 0.3 is 0 Å². The molecule has 2 unspecified atom stereocenters. The molecular weight excluding hydrogens is 293 g/mol. The molecule has 3 N–H and O–H groups in total. The molecule has 0 amide bonds. The molecule has 23 heavy (non-hydrogen) atoms. The topological polar surface area (TPSA) is 45.3 Å². The van der Waals surface area contributed by atoms with Crippen molar-refractivity contribution in [1.82, 2.24) is 16.0 Å². The highest BCUT2D eigenvalue weighted by Gasteiger charge is 2.19. The van der Waals surface area contributed by atoms with E-state index in [1.54, 1.807) is 12.1 Å². The van der Waals surface area contributed by atoms with Gasteiger partial charge in [0, 0.05) is 49.4 Å². The first-order chi connectivity index (χ1) is 11.2. The Bertz CT molecular complexity index is 571. The van der Waals surface area contributed by atoms with Crippen molar-refractivity contribution in [2.75, 3.05) is 19.7 Å². The fraction of sp³-hybridized carbons (Fsp3) is 0.556. The lowest BCUT2D eigenvalue weighted by Gasteiger charge is -2.27. The van der Waals surface area contributed by atoms with Gasteiger partial charge in [-0.15, -0.1) is 0 Å². The van der Waals surface area contributed by atoms with Gasteiger partial charge in [0.25, 0.3) is 0 Å². The zero-order chi connectivity index (χ0) is 16.2. The van der Waals surface area contributed by atoms with Crippen molar-refractivity contribution in [1.29, 1.82) is 0 Å². The summed E-state index contributed by atoms with van der Waals surface area (Å²) in [6, 6.07) is 5.84. The van der Waals surface area contributed by atoms with Crippen LogP contribution in [0.2, 0.25) is 0 Å². The van der Waals surface area contributed by atoms with Crippen molar-refractivity contribution in [3.05, 3.63) is 41.5 Å². The minimum Gasteiger partial charge on any atom is -0.490 e. The summed E-state index contributed by atoms with van der Waals surface area (Å²) < 4.78 is 19.8. The zero-order valence-corrected chi connectivity index (χ0v) is 13.9. The molecule has 1 aromatic rings. The number of nitrogens with one attached hydrogen (secondary N) is 3. The molecule has 3 rings (SSSR count). The molecule has 0 spiro atoms. The second-order valence-corrected chi connectivity index (χ2v) is 6.54. The third-order valence-corrected chi connectivity index (χ3v) is 4.65. The molecule has 0 bridgehead atoms. The lowest BCUT2D eigenvalue weighted by atomic mass is 10.1. The summed E-state index contributed by atoms with van der Waals surface area (Å²) in [4.78, 5) is 0. The highest BCUT2D eigenvalue weighted by Crippen LogP contribution is 2.24. The van der Waals surface area contributed by atoms with Crippen LogP contribution in [0, 0.1) is 11.7 Å². The summed E-state index contributed by atoms with van der Waals surface area (Å²) in [6.45, 7) is 6.72. The van der Waals surface area contributed by atoms with Crippen LogP contribution in [-0.4, -0.2) is 25.7 Å². The SMILES string of the molecule is CCC1CC(NC(C)c2ccc(OCC3CNC3)c(F)c2)=CN1. The van der Waals surface area contributed by atoms with Crippen molar-refractivity contribution in [2.45, 2.75) is 38.8 Å². The van der Waals surface area contributed by atoms with E-state index in [1.807, 2.05) is 12.3 Å². The number of hydrogen-bond acceptors (Lipinski definition) is 4. The molecule has 0 saturated carbocycles. The molecule has 4 nitrogen and oxygen atoms in total. The fourth-order valence-electron chi connectivity index (χ4n) is 2.90. The van der Waals surface area contributed by atoms with E-state index in [9.17, 15) is 4.39 Å². The number of halogens is 1. The third-order valence-electron chi connectivity index (χ3n) is 4.65. The minimum atomic E-state index is -0.284. The maximum absolute atomic E-state index is 14.2. The lowest BCUT2D eigenvalue weighted by molar-refractivity contribution is 0.193. The largest absolute Gasteiger partial charge is 0.490 e. The quantitative estimate of drug-likeness (QED) is 0.723. The molecule has 1 fully saturated rings. The van der Waals surface area contributed by atoms with Crippen molar-refractivity contribution in [3.8, 4) is 5.75 Å². The van der Waals surface area contributed by atoms with Crippen LogP contribution in [0.4, 0.5) is 4.39 Å². The Morgan fingerprint density at radius 2 is 2.22 bits per heavy atom. The maximum Gasteiger partial charge on any atom is 0.165 e. The molecule has 1 saturated heterocycles. The third kappa shape index (κ3) is 3.96. The second-order valence-electron chi connectivity index (χ2n) is 6.54. The summed E-state index contributed by atoms with van der Waals surface area (Å²) in [5.74, 6) is 0.567.